The maximum Gasteiger partial charge on any atom is 0.284 e. The van der Waals surface area contributed by atoms with Crippen LogP contribution in [0.3, 0.4) is 0 Å². The molecule has 0 saturated heterocycles. The summed E-state index contributed by atoms with van der Waals surface area (Å²) in [5, 5.41) is 10.6. The molecule has 1 rings (SSSR count). The zero-order valence-corrected chi connectivity index (χ0v) is 8.68. The molecule has 0 aromatic carbocycles. The highest BCUT2D eigenvalue weighted by Crippen LogP contribution is 2.30. The average Bonchev–Trinajstić information content (AvgIpc) is 3.00. The fraction of sp³-hybridized carbons (Fsp3) is 0.500. The lowest BCUT2D eigenvalue weighted by molar-refractivity contribution is -0.427. The van der Waals surface area contributed by atoms with E-state index in [1.807, 2.05) is 0 Å². The SMILES string of the molecule is C=N/C=C\C(OCC1CC1)=C(/C)[N+](=O)[O-]. The highest BCUT2D eigenvalue weighted by atomic mass is 16.6. The van der Waals surface area contributed by atoms with Crippen molar-refractivity contribution in [2.24, 2.45) is 10.9 Å². The summed E-state index contributed by atoms with van der Waals surface area (Å²) in [6.45, 7) is 5.22. The number of ether oxygens (including phenoxy) is 1. The standard InChI is InChI=1S/C10H14N2O3/c1-8(12(13)14)10(5-6-11-2)15-7-9-3-4-9/h5-6,9H,2-4,7H2,1H3/b6-5-,10-8-. The molecule has 0 amide bonds. The van der Waals surface area contributed by atoms with Crippen LogP contribution in [0.5, 0.6) is 0 Å². The molecule has 1 aliphatic carbocycles. The predicted octanol–water partition coefficient (Wildman–Crippen LogP) is 2.14. The van der Waals surface area contributed by atoms with Gasteiger partial charge in [-0.3, -0.25) is 15.1 Å². The van der Waals surface area contributed by atoms with E-state index in [0.717, 1.165) is 12.8 Å². The molecule has 0 heterocycles. The Kier molecular flexibility index (Phi) is 4.03. The van der Waals surface area contributed by atoms with E-state index >= 15 is 0 Å². The Hall–Kier alpha value is -1.65. The van der Waals surface area contributed by atoms with E-state index in [9.17, 15) is 10.1 Å². The molecular formula is C10H14N2O3. The molecule has 0 aromatic rings. The van der Waals surface area contributed by atoms with Crippen molar-refractivity contribution >= 4 is 6.72 Å². The normalized spacial score (nSPS) is 17.4. The fourth-order valence-corrected chi connectivity index (χ4v) is 0.976. The van der Waals surface area contributed by atoms with Crippen molar-refractivity contribution in [2.45, 2.75) is 19.8 Å². The molecule has 0 N–H and O–H groups in total. The molecule has 5 heteroatoms. The van der Waals surface area contributed by atoms with Gasteiger partial charge in [-0.1, -0.05) is 0 Å². The number of rotatable bonds is 6. The quantitative estimate of drug-likeness (QED) is 0.222. The zero-order valence-electron chi connectivity index (χ0n) is 8.68. The lowest BCUT2D eigenvalue weighted by Gasteiger charge is -2.04. The van der Waals surface area contributed by atoms with Crippen LogP contribution in [0.25, 0.3) is 0 Å². The summed E-state index contributed by atoms with van der Waals surface area (Å²) in [4.78, 5) is 13.6. The monoisotopic (exact) mass is 210 g/mol. The molecule has 0 radical (unpaired) electrons. The van der Waals surface area contributed by atoms with Gasteiger partial charge in [0.25, 0.3) is 5.70 Å². The van der Waals surface area contributed by atoms with E-state index in [4.69, 9.17) is 4.74 Å². The van der Waals surface area contributed by atoms with Gasteiger partial charge in [0.15, 0.2) is 5.76 Å². The Morgan fingerprint density at radius 2 is 2.40 bits per heavy atom. The van der Waals surface area contributed by atoms with E-state index in [1.54, 1.807) is 0 Å². The number of nitro groups is 1. The van der Waals surface area contributed by atoms with Crippen molar-refractivity contribution in [1.82, 2.24) is 0 Å². The topological polar surface area (TPSA) is 64.7 Å². The van der Waals surface area contributed by atoms with Gasteiger partial charge in [-0.15, -0.1) is 0 Å². The van der Waals surface area contributed by atoms with Crippen molar-refractivity contribution < 1.29 is 9.66 Å². The van der Waals surface area contributed by atoms with Gasteiger partial charge in [0.1, 0.15) is 0 Å². The maximum absolute atomic E-state index is 10.6. The first-order chi connectivity index (χ1) is 7.15. The second kappa shape index (κ2) is 5.29. The van der Waals surface area contributed by atoms with Crippen molar-refractivity contribution in [2.75, 3.05) is 6.61 Å². The molecule has 0 bridgehead atoms. The molecule has 0 spiro atoms. The van der Waals surface area contributed by atoms with Gasteiger partial charge < -0.3 is 4.74 Å². The zero-order chi connectivity index (χ0) is 11.3. The summed E-state index contributed by atoms with van der Waals surface area (Å²) < 4.78 is 5.35. The van der Waals surface area contributed by atoms with Gasteiger partial charge in [0.05, 0.1) is 11.5 Å². The molecule has 0 atom stereocenters. The second-order valence-corrected chi connectivity index (χ2v) is 3.46. The van der Waals surface area contributed by atoms with Crippen LogP contribution in [0.1, 0.15) is 19.8 Å². The summed E-state index contributed by atoms with van der Waals surface area (Å²) in [5.74, 6) is 0.823. The minimum absolute atomic E-state index is 0.00412. The van der Waals surface area contributed by atoms with Gasteiger partial charge in [-0.25, -0.2) is 0 Å². The number of aliphatic imine (C=N–C) groups is 1. The Labute approximate surface area is 88.3 Å². The lowest BCUT2D eigenvalue weighted by atomic mass is 10.3. The van der Waals surface area contributed by atoms with Crippen molar-refractivity contribution in [3.63, 3.8) is 0 Å². The second-order valence-electron chi connectivity index (χ2n) is 3.46. The van der Waals surface area contributed by atoms with E-state index in [0.29, 0.717) is 12.5 Å². The van der Waals surface area contributed by atoms with Crippen LogP contribution < -0.4 is 0 Å². The molecule has 0 aliphatic heterocycles. The number of hydrogen-bond acceptors (Lipinski definition) is 4. The largest absolute Gasteiger partial charge is 0.487 e. The van der Waals surface area contributed by atoms with Gasteiger partial charge >= 0.3 is 0 Å². The third kappa shape index (κ3) is 3.93. The van der Waals surface area contributed by atoms with Crippen LogP contribution >= 0.6 is 0 Å². The number of nitrogens with zero attached hydrogens (tertiary/aromatic N) is 2. The van der Waals surface area contributed by atoms with E-state index in [-0.39, 0.29) is 11.5 Å². The number of hydrogen-bond donors (Lipinski definition) is 0. The molecule has 1 aliphatic rings. The molecule has 0 unspecified atom stereocenters. The van der Waals surface area contributed by atoms with Gasteiger partial charge in [-0.05, 0) is 25.5 Å². The minimum atomic E-state index is -0.463. The molecule has 82 valence electrons. The average molecular weight is 210 g/mol. The van der Waals surface area contributed by atoms with Crippen molar-refractivity contribution in [3.8, 4) is 0 Å². The first-order valence-corrected chi connectivity index (χ1v) is 4.75. The van der Waals surface area contributed by atoms with Crippen LogP contribution in [0.15, 0.2) is 28.7 Å². The molecular weight excluding hydrogens is 196 g/mol. The van der Waals surface area contributed by atoms with E-state index < -0.39 is 4.92 Å². The van der Waals surface area contributed by atoms with Crippen LogP contribution in [-0.2, 0) is 4.74 Å². The van der Waals surface area contributed by atoms with Gasteiger partial charge in [0.2, 0.25) is 0 Å². The summed E-state index contributed by atoms with van der Waals surface area (Å²) in [6, 6.07) is 0. The minimum Gasteiger partial charge on any atom is -0.487 e. The summed E-state index contributed by atoms with van der Waals surface area (Å²) >= 11 is 0. The highest BCUT2D eigenvalue weighted by molar-refractivity contribution is 5.27. The lowest BCUT2D eigenvalue weighted by Crippen LogP contribution is -2.03. The van der Waals surface area contributed by atoms with Crippen LogP contribution in [0.4, 0.5) is 0 Å². The van der Waals surface area contributed by atoms with Crippen LogP contribution in [0, 0.1) is 16.0 Å². The van der Waals surface area contributed by atoms with Gasteiger partial charge in [-0.2, -0.15) is 0 Å². The first kappa shape index (κ1) is 11.4. The van der Waals surface area contributed by atoms with Crippen LogP contribution in [-0.4, -0.2) is 18.2 Å². The van der Waals surface area contributed by atoms with Crippen LogP contribution in [0.2, 0.25) is 0 Å². The smallest absolute Gasteiger partial charge is 0.284 e. The van der Waals surface area contributed by atoms with Crippen molar-refractivity contribution in [3.05, 3.63) is 33.8 Å². The Balaban J connectivity index is 2.65. The van der Waals surface area contributed by atoms with E-state index in [1.165, 1.54) is 19.2 Å². The molecule has 0 aromatic heterocycles. The Morgan fingerprint density at radius 1 is 1.73 bits per heavy atom. The van der Waals surface area contributed by atoms with E-state index in [2.05, 4.69) is 11.7 Å². The molecule has 15 heavy (non-hydrogen) atoms. The predicted molar refractivity (Wildman–Crippen MR) is 57.1 cm³/mol. The first-order valence-electron chi connectivity index (χ1n) is 4.75. The van der Waals surface area contributed by atoms with Crippen molar-refractivity contribution in [1.29, 1.82) is 0 Å². The third-order valence-corrected chi connectivity index (χ3v) is 2.13. The van der Waals surface area contributed by atoms with Gasteiger partial charge in [0, 0.05) is 19.2 Å². The third-order valence-electron chi connectivity index (χ3n) is 2.13. The molecule has 1 saturated carbocycles. The summed E-state index contributed by atoms with van der Waals surface area (Å²) in [5.41, 5.74) is -0.00412. The maximum atomic E-state index is 10.6. The summed E-state index contributed by atoms with van der Waals surface area (Å²) in [7, 11) is 0. The molecule has 1 fully saturated rings. The fourth-order valence-electron chi connectivity index (χ4n) is 0.976. The highest BCUT2D eigenvalue weighted by Gasteiger charge is 2.23. The molecule has 5 nitrogen and oxygen atoms in total. The summed E-state index contributed by atoms with van der Waals surface area (Å²) in [6.07, 6.45) is 5.14. The number of allylic oxidation sites excluding steroid dienone is 2. The Bertz CT molecular complexity index is 317. The Morgan fingerprint density at radius 3 is 2.87 bits per heavy atom.